The first-order chi connectivity index (χ1) is 15.7. The molecule has 2 rings (SSSR count). The van der Waals surface area contributed by atoms with E-state index in [2.05, 4.69) is 22.4 Å². The van der Waals surface area contributed by atoms with Crippen molar-refractivity contribution in [3.63, 3.8) is 0 Å². The Morgan fingerprint density at radius 2 is 1.64 bits per heavy atom. The molecule has 0 spiro atoms. The van der Waals surface area contributed by atoms with Crippen LogP contribution in [0.3, 0.4) is 0 Å². The van der Waals surface area contributed by atoms with E-state index in [-0.39, 0.29) is 9.87 Å². The fourth-order valence-corrected chi connectivity index (χ4v) is 4.65. The number of carbonyl (C=O) groups excluding carboxylic acids is 2. The summed E-state index contributed by atoms with van der Waals surface area (Å²) in [5.74, 6) is -1.15. The summed E-state index contributed by atoms with van der Waals surface area (Å²) in [6, 6.07) is 5.78. The van der Waals surface area contributed by atoms with Crippen LogP contribution in [0.5, 0.6) is 0 Å². The third kappa shape index (κ3) is 7.22. The van der Waals surface area contributed by atoms with Crippen LogP contribution >= 0.6 is 0 Å². The maximum absolute atomic E-state index is 13.3. The van der Waals surface area contributed by atoms with Gasteiger partial charge in [0.2, 0.25) is 5.95 Å². The van der Waals surface area contributed by atoms with Gasteiger partial charge in [-0.2, -0.15) is 0 Å². The van der Waals surface area contributed by atoms with Gasteiger partial charge in [0.25, 0.3) is 15.9 Å². The largest absolute Gasteiger partial charge is 0.350 e. The molecule has 1 heterocycles. The molecule has 1 aromatic heterocycles. The maximum Gasteiger partial charge on any atom is 0.336 e. The Hall–Kier alpha value is -3.05. The molecule has 11 heteroatoms. The number of urea groups is 1. The number of benzene rings is 1. The SMILES string of the molecule is CCCCCCCCONC(=O)c1ccccc1S(=O)(=O)N(C(N)=O)c1nc(C)cc(C)n1. The zero-order valence-corrected chi connectivity index (χ0v) is 20.0. The number of aryl methyl sites for hydroxylation is 2. The average Bonchev–Trinajstić information content (AvgIpc) is 2.74. The van der Waals surface area contributed by atoms with Crippen LogP contribution in [0.25, 0.3) is 0 Å². The highest BCUT2D eigenvalue weighted by Crippen LogP contribution is 2.24. The van der Waals surface area contributed by atoms with Crippen LogP contribution in [0, 0.1) is 13.8 Å². The van der Waals surface area contributed by atoms with Crippen molar-refractivity contribution in [3.8, 4) is 0 Å². The summed E-state index contributed by atoms with van der Waals surface area (Å²) in [5.41, 5.74) is 8.35. The van der Waals surface area contributed by atoms with Gasteiger partial charge in [0, 0.05) is 11.4 Å². The molecule has 0 fully saturated rings. The van der Waals surface area contributed by atoms with E-state index >= 15 is 0 Å². The summed E-state index contributed by atoms with van der Waals surface area (Å²) in [5, 5.41) is 0. The molecule has 3 amide bonds. The van der Waals surface area contributed by atoms with Gasteiger partial charge in [-0.1, -0.05) is 51.2 Å². The Bertz CT molecular complexity index is 1050. The summed E-state index contributed by atoms with van der Waals surface area (Å²) in [4.78, 5) is 37.6. The molecular formula is C22H31N5O5S. The van der Waals surface area contributed by atoms with E-state index in [4.69, 9.17) is 10.6 Å². The van der Waals surface area contributed by atoms with E-state index in [0.717, 1.165) is 32.1 Å². The van der Waals surface area contributed by atoms with Gasteiger partial charge in [-0.3, -0.25) is 9.63 Å². The number of anilines is 1. The molecule has 180 valence electrons. The van der Waals surface area contributed by atoms with Crippen LogP contribution in [0.2, 0.25) is 0 Å². The van der Waals surface area contributed by atoms with Crippen molar-refractivity contribution in [2.24, 2.45) is 5.73 Å². The summed E-state index contributed by atoms with van der Waals surface area (Å²) < 4.78 is 27.0. The summed E-state index contributed by atoms with van der Waals surface area (Å²) in [6.07, 6.45) is 6.36. The van der Waals surface area contributed by atoms with Gasteiger partial charge in [0.15, 0.2) is 0 Å². The van der Waals surface area contributed by atoms with E-state index in [0.29, 0.717) is 18.0 Å². The number of nitrogens with zero attached hydrogens (tertiary/aromatic N) is 3. The minimum atomic E-state index is -4.59. The molecule has 0 atom stereocenters. The quantitative estimate of drug-likeness (QED) is 0.352. The lowest BCUT2D eigenvalue weighted by Gasteiger charge is -2.20. The number of hydroxylamine groups is 1. The highest BCUT2D eigenvalue weighted by atomic mass is 32.2. The van der Waals surface area contributed by atoms with Gasteiger partial charge < -0.3 is 5.73 Å². The highest BCUT2D eigenvalue weighted by molar-refractivity contribution is 7.93. The van der Waals surface area contributed by atoms with Crippen LogP contribution < -0.4 is 15.5 Å². The predicted molar refractivity (Wildman–Crippen MR) is 124 cm³/mol. The second kappa shape index (κ2) is 12.3. The van der Waals surface area contributed by atoms with Gasteiger partial charge in [-0.05, 0) is 38.5 Å². The number of aromatic nitrogens is 2. The third-order valence-corrected chi connectivity index (χ3v) is 6.50. The van der Waals surface area contributed by atoms with Crippen molar-refractivity contribution in [3.05, 3.63) is 47.3 Å². The number of nitrogens with one attached hydrogen (secondary N) is 1. The van der Waals surface area contributed by atoms with E-state index in [9.17, 15) is 18.0 Å². The molecule has 0 saturated carbocycles. The van der Waals surface area contributed by atoms with Crippen molar-refractivity contribution < 1.29 is 22.8 Å². The Morgan fingerprint density at radius 3 is 2.27 bits per heavy atom. The molecule has 0 unspecified atom stereocenters. The first kappa shape index (κ1) is 26.2. The number of sulfonamides is 1. The number of carbonyl (C=O) groups is 2. The molecule has 0 saturated heterocycles. The topological polar surface area (TPSA) is 145 Å². The molecule has 0 bridgehead atoms. The first-order valence-electron chi connectivity index (χ1n) is 10.9. The number of nitrogens with two attached hydrogens (primary N) is 1. The van der Waals surface area contributed by atoms with Gasteiger partial charge in [0.05, 0.1) is 12.2 Å². The number of hydrogen-bond donors (Lipinski definition) is 2. The minimum absolute atomic E-state index is 0.198. The van der Waals surface area contributed by atoms with Crippen LogP contribution in [-0.2, 0) is 14.9 Å². The van der Waals surface area contributed by atoms with Gasteiger partial charge in [-0.25, -0.2) is 28.7 Å². The lowest BCUT2D eigenvalue weighted by molar-refractivity contribution is 0.0294. The lowest BCUT2D eigenvalue weighted by Crippen LogP contribution is -2.43. The van der Waals surface area contributed by atoms with Gasteiger partial charge >= 0.3 is 6.03 Å². The Morgan fingerprint density at radius 1 is 1.03 bits per heavy atom. The molecule has 0 aliphatic heterocycles. The summed E-state index contributed by atoms with van der Waals surface area (Å²) >= 11 is 0. The zero-order chi connectivity index (χ0) is 24.4. The monoisotopic (exact) mass is 477 g/mol. The predicted octanol–water partition coefficient (Wildman–Crippen LogP) is 3.39. The van der Waals surface area contributed by atoms with E-state index in [1.807, 2.05) is 0 Å². The Balaban J connectivity index is 2.19. The Kier molecular flexibility index (Phi) is 9.74. The Labute approximate surface area is 194 Å². The number of amides is 3. The molecule has 1 aromatic carbocycles. The standard InChI is InChI=1S/C22H31N5O5S/c1-4-5-6-7-8-11-14-32-26-20(28)18-12-9-10-13-19(18)33(30,31)27(21(23)29)22-24-16(2)15-17(3)25-22/h9-10,12-13,15H,4-8,11,14H2,1-3H3,(H2,23,29)(H,26,28). The molecule has 0 aliphatic carbocycles. The van der Waals surface area contributed by atoms with E-state index in [1.165, 1.54) is 30.7 Å². The summed E-state index contributed by atoms with van der Waals surface area (Å²) in [7, 11) is -4.59. The third-order valence-electron chi connectivity index (χ3n) is 4.77. The minimum Gasteiger partial charge on any atom is -0.350 e. The second-order valence-electron chi connectivity index (χ2n) is 7.60. The van der Waals surface area contributed by atoms with Crippen molar-refractivity contribution in [2.75, 3.05) is 10.9 Å². The normalized spacial score (nSPS) is 11.2. The smallest absolute Gasteiger partial charge is 0.336 e. The maximum atomic E-state index is 13.3. The van der Waals surface area contributed by atoms with E-state index < -0.39 is 32.8 Å². The number of primary amides is 1. The average molecular weight is 478 g/mol. The van der Waals surface area contributed by atoms with Crippen molar-refractivity contribution >= 4 is 27.9 Å². The van der Waals surface area contributed by atoms with Gasteiger partial charge in [-0.15, -0.1) is 4.31 Å². The lowest BCUT2D eigenvalue weighted by atomic mass is 10.1. The van der Waals surface area contributed by atoms with Gasteiger partial charge in [0.1, 0.15) is 4.90 Å². The fraction of sp³-hybridized carbons (Fsp3) is 0.455. The molecule has 33 heavy (non-hydrogen) atoms. The number of unbranched alkanes of at least 4 members (excludes halogenated alkanes) is 5. The van der Waals surface area contributed by atoms with Crippen molar-refractivity contribution in [2.45, 2.75) is 64.2 Å². The van der Waals surface area contributed by atoms with Crippen LogP contribution in [0.4, 0.5) is 10.7 Å². The molecule has 10 nitrogen and oxygen atoms in total. The molecule has 3 N–H and O–H groups in total. The molecular weight excluding hydrogens is 446 g/mol. The second-order valence-corrected chi connectivity index (χ2v) is 9.36. The van der Waals surface area contributed by atoms with Crippen molar-refractivity contribution in [1.29, 1.82) is 0 Å². The molecule has 0 radical (unpaired) electrons. The number of rotatable bonds is 12. The molecule has 0 aliphatic rings. The summed E-state index contributed by atoms with van der Waals surface area (Å²) in [6.45, 7) is 5.71. The fourth-order valence-electron chi connectivity index (χ4n) is 3.23. The van der Waals surface area contributed by atoms with Crippen LogP contribution in [0.15, 0.2) is 35.2 Å². The zero-order valence-electron chi connectivity index (χ0n) is 19.2. The van der Waals surface area contributed by atoms with Crippen LogP contribution in [-0.4, -0.2) is 36.9 Å². The van der Waals surface area contributed by atoms with Crippen molar-refractivity contribution in [1.82, 2.24) is 15.4 Å². The molecule has 2 aromatic rings. The first-order valence-corrected chi connectivity index (χ1v) is 12.3. The van der Waals surface area contributed by atoms with E-state index in [1.54, 1.807) is 19.9 Å². The highest BCUT2D eigenvalue weighted by Gasteiger charge is 2.35. The number of hydrogen-bond acceptors (Lipinski definition) is 7. The van der Waals surface area contributed by atoms with Crippen LogP contribution in [0.1, 0.15) is 67.2 Å².